The van der Waals surface area contributed by atoms with Gasteiger partial charge in [0.15, 0.2) is 0 Å². The fourth-order valence-corrected chi connectivity index (χ4v) is 2.20. The molecule has 0 aromatic heterocycles. The van der Waals surface area contributed by atoms with Gasteiger partial charge < -0.3 is 16.0 Å². The number of halogens is 2. The molecule has 1 atom stereocenters. The first-order chi connectivity index (χ1) is 7.65. The predicted octanol–water partition coefficient (Wildman–Crippen LogP) is 1.56. The molecular formula is C12H27Cl2N3O. The van der Waals surface area contributed by atoms with Gasteiger partial charge in [-0.3, -0.25) is 4.79 Å². The molecule has 1 rings (SSSR count). The molecule has 0 aliphatic heterocycles. The number of nitrogens with zero attached hydrogens (tertiary/aromatic N) is 1. The molecule has 0 bridgehead atoms. The van der Waals surface area contributed by atoms with Gasteiger partial charge in [0.05, 0.1) is 6.04 Å². The predicted molar refractivity (Wildman–Crippen MR) is 80.7 cm³/mol. The van der Waals surface area contributed by atoms with Crippen LogP contribution in [0.1, 0.15) is 39.0 Å². The fraction of sp³-hybridized carbons (Fsp3) is 0.917. The van der Waals surface area contributed by atoms with E-state index < -0.39 is 0 Å². The molecule has 0 heterocycles. The van der Waals surface area contributed by atoms with Crippen LogP contribution in [0.3, 0.4) is 0 Å². The highest BCUT2D eigenvalue weighted by atomic mass is 35.5. The molecule has 1 saturated carbocycles. The van der Waals surface area contributed by atoms with Crippen molar-refractivity contribution in [3.05, 3.63) is 0 Å². The molecule has 1 aliphatic carbocycles. The summed E-state index contributed by atoms with van der Waals surface area (Å²) < 4.78 is 0. The van der Waals surface area contributed by atoms with Crippen LogP contribution in [0.5, 0.6) is 0 Å². The van der Waals surface area contributed by atoms with Crippen molar-refractivity contribution in [1.82, 2.24) is 10.2 Å². The third-order valence-corrected chi connectivity index (χ3v) is 3.49. The van der Waals surface area contributed by atoms with Crippen molar-refractivity contribution in [1.29, 1.82) is 0 Å². The zero-order valence-corrected chi connectivity index (χ0v) is 13.0. The van der Waals surface area contributed by atoms with Gasteiger partial charge in [0, 0.05) is 19.1 Å². The van der Waals surface area contributed by atoms with Crippen LogP contribution in [0.2, 0.25) is 0 Å². The number of hydrogen-bond donors (Lipinski definition) is 2. The first-order valence-corrected chi connectivity index (χ1v) is 6.38. The van der Waals surface area contributed by atoms with E-state index >= 15 is 0 Å². The van der Waals surface area contributed by atoms with Crippen LogP contribution in [0.15, 0.2) is 0 Å². The van der Waals surface area contributed by atoms with Crippen molar-refractivity contribution >= 4 is 30.7 Å². The monoisotopic (exact) mass is 299 g/mol. The summed E-state index contributed by atoms with van der Waals surface area (Å²) in [6.45, 7) is 3.56. The third-order valence-electron chi connectivity index (χ3n) is 3.49. The van der Waals surface area contributed by atoms with Crippen LogP contribution in [-0.2, 0) is 4.79 Å². The van der Waals surface area contributed by atoms with Crippen LogP contribution >= 0.6 is 24.8 Å². The van der Waals surface area contributed by atoms with Crippen LogP contribution in [0, 0.1) is 0 Å². The first kappa shape index (κ1) is 20.3. The number of likely N-dealkylation sites (N-methyl/N-ethyl adjacent to an activating group) is 1. The Labute approximate surface area is 123 Å². The van der Waals surface area contributed by atoms with Crippen molar-refractivity contribution in [2.24, 2.45) is 5.73 Å². The Morgan fingerprint density at radius 3 is 2.44 bits per heavy atom. The minimum Gasteiger partial charge on any atom is -0.353 e. The molecule has 0 radical (unpaired) electrons. The number of nitrogens with two attached hydrogens (primary N) is 1. The lowest BCUT2D eigenvalue weighted by atomic mass is 10.2. The zero-order valence-electron chi connectivity index (χ0n) is 11.4. The van der Waals surface area contributed by atoms with Crippen molar-refractivity contribution in [3.8, 4) is 0 Å². The van der Waals surface area contributed by atoms with Crippen molar-refractivity contribution in [2.45, 2.75) is 51.1 Å². The minimum atomic E-state index is -0.350. The first-order valence-electron chi connectivity index (χ1n) is 6.38. The van der Waals surface area contributed by atoms with E-state index in [9.17, 15) is 4.79 Å². The van der Waals surface area contributed by atoms with Crippen molar-refractivity contribution in [3.63, 3.8) is 0 Å². The van der Waals surface area contributed by atoms with Crippen LogP contribution in [-0.4, -0.2) is 43.0 Å². The second-order valence-electron chi connectivity index (χ2n) is 4.72. The van der Waals surface area contributed by atoms with Gasteiger partial charge >= 0.3 is 0 Å². The molecule has 6 heteroatoms. The van der Waals surface area contributed by atoms with E-state index in [0.717, 1.165) is 12.6 Å². The lowest BCUT2D eigenvalue weighted by molar-refractivity contribution is -0.122. The molecule has 4 nitrogen and oxygen atoms in total. The van der Waals surface area contributed by atoms with Crippen LogP contribution in [0.4, 0.5) is 0 Å². The Balaban J connectivity index is 0. The van der Waals surface area contributed by atoms with Gasteiger partial charge in [-0.1, -0.05) is 19.8 Å². The smallest absolute Gasteiger partial charge is 0.236 e. The normalized spacial score (nSPS) is 16.9. The lowest BCUT2D eigenvalue weighted by Gasteiger charge is -2.24. The van der Waals surface area contributed by atoms with Gasteiger partial charge in [-0.15, -0.1) is 24.8 Å². The highest BCUT2D eigenvalue weighted by Crippen LogP contribution is 2.21. The number of carbonyl (C=O) groups is 1. The van der Waals surface area contributed by atoms with E-state index in [2.05, 4.69) is 17.3 Å². The quantitative estimate of drug-likeness (QED) is 0.782. The number of hydrogen-bond acceptors (Lipinski definition) is 3. The molecule has 0 unspecified atom stereocenters. The molecular weight excluding hydrogens is 273 g/mol. The maximum Gasteiger partial charge on any atom is 0.236 e. The lowest BCUT2D eigenvalue weighted by Crippen LogP contribution is -2.43. The fourth-order valence-electron chi connectivity index (χ4n) is 2.20. The Morgan fingerprint density at radius 2 is 1.94 bits per heavy atom. The molecule has 0 saturated heterocycles. The molecule has 0 spiro atoms. The highest BCUT2D eigenvalue weighted by molar-refractivity contribution is 5.85. The third kappa shape index (κ3) is 6.78. The second kappa shape index (κ2) is 10.9. The Bertz CT molecular complexity index is 223. The molecule has 110 valence electrons. The average Bonchev–Trinajstić information content (AvgIpc) is 2.81. The van der Waals surface area contributed by atoms with Crippen LogP contribution in [0.25, 0.3) is 0 Å². The summed E-state index contributed by atoms with van der Waals surface area (Å²) >= 11 is 0. The summed E-state index contributed by atoms with van der Waals surface area (Å²) in [5.41, 5.74) is 5.63. The molecule has 3 N–H and O–H groups in total. The minimum absolute atomic E-state index is 0. The Morgan fingerprint density at radius 1 is 1.39 bits per heavy atom. The SMILES string of the molecule is CC[C@H](N)C(=O)NCCN(C)C1CCCC1.Cl.Cl. The zero-order chi connectivity index (χ0) is 12.0. The van der Waals surface area contributed by atoms with E-state index in [1.54, 1.807) is 0 Å². The highest BCUT2D eigenvalue weighted by Gasteiger charge is 2.19. The van der Waals surface area contributed by atoms with E-state index in [4.69, 9.17) is 5.73 Å². The van der Waals surface area contributed by atoms with Crippen molar-refractivity contribution in [2.75, 3.05) is 20.1 Å². The molecule has 1 aliphatic rings. The molecule has 0 aromatic rings. The van der Waals surface area contributed by atoms with Gasteiger partial charge in [-0.2, -0.15) is 0 Å². The topological polar surface area (TPSA) is 58.4 Å². The second-order valence-corrected chi connectivity index (χ2v) is 4.72. The average molecular weight is 300 g/mol. The van der Waals surface area contributed by atoms with Gasteiger partial charge in [0.1, 0.15) is 0 Å². The van der Waals surface area contributed by atoms with Gasteiger partial charge in [-0.25, -0.2) is 0 Å². The number of amides is 1. The molecule has 18 heavy (non-hydrogen) atoms. The molecule has 0 aromatic carbocycles. The maximum absolute atomic E-state index is 11.4. The summed E-state index contributed by atoms with van der Waals surface area (Å²) in [6.07, 6.45) is 6.01. The number of nitrogens with one attached hydrogen (secondary N) is 1. The summed E-state index contributed by atoms with van der Waals surface area (Å²) in [5, 5.41) is 2.88. The van der Waals surface area contributed by atoms with Gasteiger partial charge in [0.2, 0.25) is 5.91 Å². The summed E-state index contributed by atoms with van der Waals surface area (Å²) in [7, 11) is 2.14. The van der Waals surface area contributed by atoms with Crippen LogP contribution < -0.4 is 11.1 Å². The van der Waals surface area contributed by atoms with E-state index in [1.807, 2.05) is 6.92 Å². The maximum atomic E-state index is 11.4. The summed E-state index contributed by atoms with van der Waals surface area (Å²) in [4.78, 5) is 13.8. The van der Waals surface area contributed by atoms with E-state index in [-0.39, 0.29) is 36.8 Å². The Hall–Kier alpha value is -0.0300. The largest absolute Gasteiger partial charge is 0.353 e. The van der Waals surface area contributed by atoms with E-state index in [1.165, 1.54) is 25.7 Å². The van der Waals surface area contributed by atoms with E-state index in [0.29, 0.717) is 13.0 Å². The number of carbonyl (C=O) groups excluding carboxylic acids is 1. The summed E-state index contributed by atoms with van der Waals surface area (Å²) in [5.74, 6) is -0.0256. The van der Waals surface area contributed by atoms with Gasteiger partial charge in [-0.05, 0) is 26.3 Å². The number of rotatable bonds is 6. The molecule has 1 fully saturated rings. The molecule has 1 amide bonds. The van der Waals surface area contributed by atoms with Crippen molar-refractivity contribution < 1.29 is 4.79 Å². The Kier molecular flexibility index (Phi) is 12.2. The van der Waals surface area contributed by atoms with Gasteiger partial charge in [0.25, 0.3) is 0 Å². The summed E-state index contributed by atoms with van der Waals surface area (Å²) in [6, 6.07) is 0.369. The standard InChI is InChI=1S/C12H25N3O.2ClH/c1-3-11(13)12(16)14-8-9-15(2)10-6-4-5-7-10;;/h10-11H,3-9,13H2,1-2H3,(H,14,16);2*1H/t11-;;/m0../s1.